The van der Waals surface area contributed by atoms with Crippen molar-refractivity contribution >= 4 is 29.1 Å². The topological polar surface area (TPSA) is 59.1 Å². The SMILES string of the molecule is COc1ccc([C@@H]2[C@@H]3C(=O)N(C(C)C)C(=O)[C@H]3ON2c2ccc(Cl)cc2)cc1. The number of likely N-dealkylation sites (tertiary alicyclic amines) is 1. The number of benzene rings is 2. The fourth-order valence-electron chi connectivity index (χ4n) is 3.90. The fourth-order valence-corrected chi connectivity index (χ4v) is 4.02. The van der Waals surface area contributed by atoms with E-state index in [1.165, 1.54) is 4.90 Å². The third kappa shape index (κ3) is 2.93. The molecule has 0 saturated carbocycles. The zero-order valence-electron chi connectivity index (χ0n) is 15.8. The zero-order valence-corrected chi connectivity index (χ0v) is 16.6. The number of carbonyl (C=O) groups excluding carboxylic acids is 2. The summed E-state index contributed by atoms with van der Waals surface area (Å²) in [5, 5.41) is 2.25. The molecule has 2 saturated heterocycles. The number of carbonyl (C=O) groups is 2. The van der Waals surface area contributed by atoms with Gasteiger partial charge in [-0.2, -0.15) is 0 Å². The van der Waals surface area contributed by atoms with E-state index in [9.17, 15) is 9.59 Å². The molecule has 4 rings (SSSR count). The lowest BCUT2D eigenvalue weighted by atomic mass is 9.90. The largest absolute Gasteiger partial charge is 0.497 e. The minimum Gasteiger partial charge on any atom is -0.497 e. The van der Waals surface area contributed by atoms with Crippen molar-refractivity contribution in [3.05, 3.63) is 59.1 Å². The van der Waals surface area contributed by atoms with Gasteiger partial charge in [0.1, 0.15) is 11.7 Å². The van der Waals surface area contributed by atoms with E-state index >= 15 is 0 Å². The molecule has 0 unspecified atom stereocenters. The Labute approximate surface area is 168 Å². The summed E-state index contributed by atoms with van der Waals surface area (Å²) in [4.78, 5) is 33.3. The fraction of sp³-hybridized carbons (Fsp3) is 0.333. The molecule has 2 fully saturated rings. The van der Waals surface area contributed by atoms with Crippen molar-refractivity contribution in [3.8, 4) is 5.75 Å². The molecule has 3 atom stereocenters. The molecule has 146 valence electrons. The number of hydroxylamine groups is 1. The number of anilines is 1. The molecule has 0 N–H and O–H groups in total. The van der Waals surface area contributed by atoms with E-state index in [2.05, 4.69) is 0 Å². The van der Waals surface area contributed by atoms with Crippen LogP contribution in [0, 0.1) is 5.92 Å². The van der Waals surface area contributed by atoms with Gasteiger partial charge >= 0.3 is 0 Å². The normalized spacial score (nSPS) is 24.2. The number of ether oxygens (including phenoxy) is 1. The van der Waals surface area contributed by atoms with Crippen molar-refractivity contribution in [3.63, 3.8) is 0 Å². The number of halogens is 1. The average molecular weight is 401 g/mol. The van der Waals surface area contributed by atoms with Crippen LogP contribution in [0.3, 0.4) is 0 Å². The molecule has 0 aliphatic carbocycles. The number of fused-ring (bicyclic) bond motifs is 1. The van der Waals surface area contributed by atoms with Crippen LogP contribution < -0.4 is 9.80 Å². The summed E-state index contributed by atoms with van der Waals surface area (Å²) in [6.07, 6.45) is -0.835. The van der Waals surface area contributed by atoms with Gasteiger partial charge in [0.25, 0.3) is 5.91 Å². The number of rotatable bonds is 4. The molecule has 0 aromatic heterocycles. The van der Waals surface area contributed by atoms with E-state index in [1.807, 2.05) is 50.2 Å². The summed E-state index contributed by atoms with van der Waals surface area (Å²) >= 11 is 6.01. The summed E-state index contributed by atoms with van der Waals surface area (Å²) in [7, 11) is 1.60. The second-order valence-electron chi connectivity index (χ2n) is 7.21. The zero-order chi connectivity index (χ0) is 20.0. The second-order valence-corrected chi connectivity index (χ2v) is 7.65. The van der Waals surface area contributed by atoms with Crippen molar-refractivity contribution in [2.45, 2.75) is 32.0 Å². The van der Waals surface area contributed by atoms with E-state index < -0.39 is 18.1 Å². The summed E-state index contributed by atoms with van der Waals surface area (Å²) in [6.45, 7) is 3.66. The highest BCUT2D eigenvalue weighted by Crippen LogP contribution is 2.47. The Morgan fingerprint density at radius 2 is 1.64 bits per heavy atom. The molecule has 2 aliphatic rings. The Kier molecular flexibility index (Phi) is 4.77. The van der Waals surface area contributed by atoms with Gasteiger partial charge in [0, 0.05) is 11.1 Å². The van der Waals surface area contributed by atoms with Crippen molar-refractivity contribution in [1.82, 2.24) is 4.90 Å². The predicted octanol–water partition coefficient (Wildman–Crippen LogP) is 3.60. The minimum atomic E-state index is -0.835. The van der Waals surface area contributed by atoms with Crippen LogP contribution in [0.15, 0.2) is 48.5 Å². The van der Waals surface area contributed by atoms with Crippen LogP contribution in [0.2, 0.25) is 5.02 Å². The third-order valence-corrected chi connectivity index (χ3v) is 5.46. The lowest BCUT2D eigenvalue weighted by Crippen LogP contribution is -2.41. The Bertz CT molecular complexity index is 898. The number of imide groups is 1. The number of nitrogens with zero attached hydrogens (tertiary/aromatic N) is 2. The summed E-state index contributed by atoms with van der Waals surface area (Å²) in [6, 6.07) is 14.0. The number of hydrogen-bond donors (Lipinski definition) is 0. The van der Waals surface area contributed by atoms with Crippen LogP contribution in [0.4, 0.5) is 5.69 Å². The van der Waals surface area contributed by atoms with Crippen LogP contribution in [0.25, 0.3) is 0 Å². The molecule has 2 heterocycles. The average Bonchev–Trinajstić information content (AvgIpc) is 3.19. The van der Waals surface area contributed by atoms with Gasteiger partial charge in [0.15, 0.2) is 6.10 Å². The second kappa shape index (κ2) is 7.11. The Morgan fingerprint density at radius 1 is 1.00 bits per heavy atom. The van der Waals surface area contributed by atoms with Crippen LogP contribution in [0.5, 0.6) is 5.75 Å². The molecular weight excluding hydrogens is 380 g/mol. The van der Waals surface area contributed by atoms with Gasteiger partial charge in [-0.25, -0.2) is 5.06 Å². The Balaban J connectivity index is 1.78. The molecule has 28 heavy (non-hydrogen) atoms. The van der Waals surface area contributed by atoms with E-state index in [0.717, 1.165) is 17.0 Å². The molecule has 2 amide bonds. The third-order valence-electron chi connectivity index (χ3n) is 5.20. The highest BCUT2D eigenvalue weighted by molar-refractivity contribution is 6.30. The number of hydrogen-bond acceptors (Lipinski definition) is 5. The van der Waals surface area contributed by atoms with Crippen LogP contribution >= 0.6 is 11.6 Å². The van der Waals surface area contributed by atoms with Crippen molar-refractivity contribution < 1.29 is 19.2 Å². The van der Waals surface area contributed by atoms with Crippen molar-refractivity contribution in [2.24, 2.45) is 5.92 Å². The summed E-state index contributed by atoms with van der Waals surface area (Å²) in [5.74, 6) is -0.392. The Hall–Kier alpha value is -2.57. The predicted molar refractivity (Wildman–Crippen MR) is 105 cm³/mol. The van der Waals surface area contributed by atoms with Gasteiger partial charge < -0.3 is 4.74 Å². The van der Waals surface area contributed by atoms with E-state index in [4.69, 9.17) is 21.2 Å². The maximum absolute atomic E-state index is 13.1. The van der Waals surface area contributed by atoms with Gasteiger partial charge in [-0.05, 0) is 55.8 Å². The van der Waals surface area contributed by atoms with Gasteiger partial charge in [-0.3, -0.25) is 19.3 Å². The molecule has 0 radical (unpaired) electrons. The molecule has 2 aliphatic heterocycles. The smallest absolute Gasteiger partial charge is 0.262 e. The van der Waals surface area contributed by atoms with Crippen molar-refractivity contribution in [2.75, 3.05) is 12.2 Å². The molecule has 0 bridgehead atoms. The lowest BCUT2D eigenvalue weighted by Gasteiger charge is -2.29. The quantitative estimate of drug-likeness (QED) is 0.734. The molecule has 0 spiro atoms. The summed E-state index contributed by atoms with van der Waals surface area (Å²) in [5.41, 5.74) is 1.60. The highest BCUT2D eigenvalue weighted by Gasteiger charge is 2.60. The number of amides is 2. The molecule has 6 nitrogen and oxygen atoms in total. The van der Waals surface area contributed by atoms with Gasteiger partial charge in [0.05, 0.1) is 18.8 Å². The van der Waals surface area contributed by atoms with Crippen molar-refractivity contribution in [1.29, 1.82) is 0 Å². The molecular formula is C21H21ClN2O4. The monoisotopic (exact) mass is 400 g/mol. The summed E-state index contributed by atoms with van der Waals surface area (Å²) < 4.78 is 5.24. The molecule has 7 heteroatoms. The van der Waals surface area contributed by atoms with Crippen LogP contribution in [0.1, 0.15) is 25.5 Å². The first-order valence-corrected chi connectivity index (χ1v) is 9.52. The molecule has 2 aromatic carbocycles. The first-order valence-electron chi connectivity index (χ1n) is 9.15. The highest BCUT2D eigenvalue weighted by atomic mass is 35.5. The molecule has 2 aromatic rings. The lowest BCUT2D eigenvalue weighted by molar-refractivity contribution is -0.145. The van der Waals surface area contributed by atoms with Gasteiger partial charge in [-0.1, -0.05) is 23.7 Å². The van der Waals surface area contributed by atoms with Gasteiger partial charge in [-0.15, -0.1) is 0 Å². The standard InChI is InChI=1S/C21H21ClN2O4/c1-12(2)23-20(25)17-18(13-4-10-16(27-3)11-5-13)24(28-19(17)21(23)26)15-8-6-14(22)7-9-15/h4-12,17-19H,1-3H3/t17-,18+,19-/m0/s1. The van der Waals surface area contributed by atoms with Crippen LogP contribution in [-0.2, 0) is 14.4 Å². The van der Waals surface area contributed by atoms with E-state index in [1.54, 1.807) is 24.3 Å². The Morgan fingerprint density at radius 3 is 2.21 bits per heavy atom. The van der Waals surface area contributed by atoms with Crippen LogP contribution in [-0.4, -0.2) is 36.0 Å². The minimum absolute atomic E-state index is 0.206. The first kappa shape index (κ1) is 18.8. The van der Waals surface area contributed by atoms with E-state index in [0.29, 0.717) is 5.02 Å². The number of methoxy groups -OCH3 is 1. The van der Waals surface area contributed by atoms with E-state index in [-0.39, 0.29) is 17.9 Å². The van der Waals surface area contributed by atoms with Gasteiger partial charge in [0.2, 0.25) is 5.91 Å². The maximum atomic E-state index is 13.1. The maximum Gasteiger partial charge on any atom is 0.262 e. The first-order chi connectivity index (χ1) is 13.4.